The molecule has 1 unspecified atom stereocenters. The molecule has 1 atom stereocenters. The van der Waals surface area contributed by atoms with Crippen LogP contribution < -0.4 is 4.74 Å². The van der Waals surface area contributed by atoms with Crippen molar-refractivity contribution in [1.29, 1.82) is 0 Å². The molecule has 3 aromatic rings. The summed E-state index contributed by atoms with van der Waals surface area (Å²) in [5.74, 6) is -0.384. The molecule has 0 aliphatic heterocycles. The van der Waals surface area contributed by atoms with Gasteiger partial charge in [0.25, 0.3) is 0 Å². The van der Waals surface area contributed by atoms with Crippen molar-refractivity contribution in [2.24, 2.45) is 0 Å². The first-order chi connectivity index (χ1) is 18.4. The van der Waals surface area contributed by atoms with Crippen LogP contribution >= 0.6 is 0 Å². The highest BCUT2D eigenvalue weighted by Crippen LogP contribution is 2.31. The van der Waals surface area contributed by atoms with Crippen molar-refractivity contribution in [2.45, 2.75) is 78.2 Å². The van der Waals surface area contributed by atoms with Crippen LogP contribution in [0.1, 0.15) is 94.2 Å². The van der Waals surface area contributed by atoms with E-state index in [2.05, 4.69) is 6.92 Å². The maximum Gasteiger partial charge on any atom is 0.336 e. The summed E-state index contributed by atoms with van der Waals surface area (Å²) in [5.41, 5.74) is 4.45. The lowest BCUT2D eigenvalue weighted by Gasteiger charge is -2.16. The summed E-state index contributed by atoms with van der Waals surface area (Å²) in [6.45, 7) is 6.69. The zero-order chi connectivity index (χ0) is 27.3. The van der Waals surface area contributed by atoms with Gasteiger partial charge in [-0.2, -0.15) is 0 Å². The van der Waals surface area contributed by atoms with Crippen molar-refractivity contribution in [1.82, 2.24) is 0 Å². The Morgan fingerprint density at radius 3 is 2.00 bits per heavy atom. The minimum Gasteiger partial charge on any atom is -0.494 e. The van der Waals surface area contributed by atoms with E-state index in [1.165, 1.54) is 32.1 Å². The molecular weight excluding hydrogens is 476 g/mol. The number of hydrogen-bond donors (Lipinski definition) is 1. The number of carbonyl (C=O) groups excluding carboxylic acids is 1. The van der Waals surface area contributed by atoms with Gasteiger partial charge in [0.2, 0.25) is 0 Å². The average molecular weight is 517 g/mol. The lowest BCUT2D eigenvalue weighted by molar-refractivity contribution is -0.148. The molecule has 5 heteroatoms. The van der Waals surface area contributed by atoms with Crippen LogP contribution in [0.15, 0.2) is 66.7 Å². The van der Waals surface area contributed by atoms with Gasteiger partial charge >= 0.3 is 11.9 Å². The van der Waals surface area contributed by atoms with Crippen molar-refractivity contribution in [2.75, 3.05) is 6.61 Å². The Hall–Kier alpha value is -3.60. The van der Waals surface area contributed by atoms with Crippen LogP contribution in [-0.2, 0) is 9.53 Å². The molecule has 0 radical (unpaired) electrons. The lowest BCUT2D eigenvalue weighted by Crippen LogP contribution is -2.09. The third-order valence-corrected chi connectivity index (χ3v) is 6.66. The highest BCUT2D eigenvalue weighted by molar-refractivity contribution is 5.96. The number of carbonyl (C=O) groups is 2. The van der Waals surface area contributed by atoms with Crippen LogP contribution in [0.2, 0.25) is 0 Å². The van der Waals surface area contributed by atoms with Gasteiger partial charge in [-0.25, -0.2) is 4.79 Å². The molecule has 0 spiro atoms. The highest BCUT2D eigenvalue weighted by Gasteiger charge is 2.17. The Labute approximate surface area is 226 Å². The minimum atomic E-state index is -0.997. The van der Waals surface area contributed by atoms with Gasteiger partial charge in [-0.15, -0.1) is 0 Å². The maximum absolute atomic E-state index is 11.9. The molecule has 0 saturated heterocycles. The topological polar surface area (TPSA) is 72.8 Å². The molecule has 0 aliphatic rings. The van der Waals surface area contributed by atoms with Crippen LogP contribution in [0.3, 0.4) is 0 Å². The van der Waals surface area contributed by atoms with Gasteiger partial charge in [-0.1, -0.05) is 88.4 Å². The Kier molecular flexibility index (Phi) is 11.4. The number of carboxylic acid groups (broad SMARTS) is 1. The Morgan fingerprint density at radius 1 is 0.763 bits per heavy atom. The second-order valence-electron chi connectivity index (χ2n) is 9.71. The third-order valence-electron chi connectivity index (χ3n) is 6.66. The quantitative estimate of drug-likeness (QED) is 0.161. The molecule has 1 N–H and O–H groups in total. The van der Waals surface area contributed by atoms with E-state index in [1.54, 1.807) is 25.1 Å². The van der Waals surface area contributed by atoms with E-state index < -0.39 is 12.1 Å². The van der Waals surface area contributed by atoms with Crippen molar-refractivity contribution >= 4 is 11.9 Å². The van der Waals surface area contributed by atoms with E-state index in [9.17, 15) is 14.7 Å². The SMILES string of the molecule is CCCCCCCCOc1ccc(-c2ccc(-c3cc(C(C)OC(=O)CCC)ccc3C(=O)O)cc2)cc1. The summed E-state index contributed by atoms with van der Waals surface area (Å²) in [6.07, 6.45) is 8.05. The molecule has 0 saturated carbocycles. The van der Waals surface area contributed by atoms with Gasteiger partial charge < -0.3 is 14.6 Å². The van der Waals surface area contributed by atoms with E-state index in [1.807, 2.05) is 55.5 Å². The first-order valence-corrected chi connectivity index (χ1v) is 13.8. The monoisotopic (exact) mass is 516 g/mol. The molecule has 38 heavy (non-hydrogen) atoms. The molecule has 5 nitrogen and oxygen atoms in total. The number of carboxylic acids is 1. The number of unbranched alkanes of at least 4 members (excludes halogenated alkanes) is 5. The third kappa shape index (κ3) is 8.47. The van der Waals surface area contributed by atoms with Gasteiger partial charge in [0.1, 0.15) is 11.9 Å². The number of esters is 1. The molecule has 3 aromatic carbocycles. The fraction of sp³-hybridized carbons (Fsp3) is 0.394. The van der Waals surface area contributed by atoms with Gasteiger partial charge in [-0.05, 0) is 71.8 Å². The molecule has 0 heterocycles. The van der Waals surface area contributed by atoms with Crippen LogP contribution in [0.25, 0.3) is 22.3 Å². The van der Waals surface area contributed by atoms with E-state index in [0.29, 0.717) is 12.0 Å². The lowest BCUT2D eigenvalue weighted by atomic mass is 9.94. The second-order valence-corrected chi connectivity index (χ2v) is 9.71. The summed E-state index contributed by atoms with van der Waals surface area (Å²) < 4.78 is 11.4. The maximum atomic E-state index is 11.9. The van der Waals surface area contributed by atoms with Crippen molar-refractivity contribution in [3.05, 3.63) is 77.9 Å². The summed E-state index contributed by atoms with van der Waals surface area (Å²) in [5, 5.41) is 9.76. The largest absolute Gasteiger partial charge is 0.494 e. The number of ether oxygens (including phenoxy) is 2. The summed E-state index contributed by atoms with van der Waals surface area (Å²) in [6, 6.07) is 21.0. The zero-order valence-electron chi connectivity index (χ0n) is 22.9. The van der Waals surface area contributed by atoms with E-state index in [-0.39, 0.29) is 11.5 Å². The fourth-order valence-corrected chi connectivity index (χ4v) is 4.43. The minimum absolute atomic E-state index is 0.209. The standard InChI is InChI=1S/C33H40O5/c1-4-6-7-8-9-10-22-37-29-19-16-26(17-20-29)25-12-14-27(15-13-25)31-23-28(18-21-30(31)33(35)36)24(3)38-32(34)11-5-2/h12-21,23-24H,4-11,22H2,1-3H3,(H,35,36). The molecular formula is C33H40O5. The van der Waals surface area contributed by atoms with E-state index >= 15 is 0 Å². The first kappa shape index (κ1) is 29.0. The molecule has 0 bridgehead atoms. The predicted octanol–water partition coefficient (Wildman–Crippen LogP) is 8.86. The molecule has 3 rings (SSSR count). The smallest absolute Gasteiger partial charge is 0.336 e. The summed E-state index contributed by atoms with van der Waals surface area (Å²) >= 11 is 0. The average Bonchev–Trinajstić information content (AvgIpc) is 2.92. The zero-order valence-corrected chi connectivity index (χ0v) is 22.9. The number of rotatable bonds is 15. The van der Waals surface area contributed by atoms with Crippen molar-refractivity contribution in [3.8, 4) is 28.0 Å². The Morgan fingerprint density at radius 2 is 1.37 bits per heavy atom. The number of aromatic carboxylic acids is 1. The van der Waals surface area contributed by atoms with Gasteiger partial charge in [0.15, 0.2) is 0 Å². The Bertz CT molecular complexity index is 1160. The molecule has 0 aliphatic carbocycles. The summed E-state index contributed by atoms with van der Waals surface area (Å²) in [7, 11) is 0. The van der Waals surface area contributed by atoms with Crippen LogP contribution in [0.5, 0.6) is 5.75 Å². The molecule has 0 aromatic heterocycles. The van der Waals surface area contributed by atoms with Gasteiger partial charge in [0.05, 0.1) is 12.2 Å². The van der Waals surface area contributed by atoms with Crippen molar-refractivity contribution in [3.63, 3.8) is 0 Å². The fourth-order valence-electron chi connectivity index (χ4n) is 4.43. The molecule has 0 amide bonds. The number of hydrogen-bond acceptors (Lipinski definition) is 4. The highest BCUT2D eigenvalue weighted by atomic mass is 16.5. The normalized spacial score (nSPS) is 11.7. The molecule has 0 fully saturated rings. The predicted molar refractivity (Wildman–Crippen MR) is 153 cm³/mol. The van der Waals surface area contributed by atoms with Crippen LogP contribution in [0, 0.1) is 0 Å². The second kappa shape index (κ2) is 15.0. The van der Waals surface area contributed by atoms with Gasteiger partial charge in [-0.3, -0.25) is 4.79 Å². The molecule has 202 valence electrons. The summed E-state index contributed by atoms with van der Waals surface area (Å²) in [4.78, 5) is 23.9. The van der Waals surface area contributed by atoms with E-state index in [0.717, 1.165) is 47.5 Å². The van der Waals surface area contributed by atoms with E-state index in [4.69, 9.17) is 9.47 Å². The van der Waals surface area contributed by atoms with Gasteiger partial charge in [0, 0.05) is 6.42 Å². The van der Waals surface area contributed by atoms with Crippen LogP contribution in [-0.4, -0.2) is 23.7 Å². The first-order valence-electron chi connectivity index (χ1n) is 13.8. The van der Waals surface area contributed by atoms with Crippen LogP contribution in [0.4, 0.5) is 0 Å². The number of benzene rings is 3. The van der Waals surface area contributed by atoms with Crippen molar-refractivity contribution < 1.29 is 24.2 Å². The Balaban J connectivity index is 1.68.